The van der Waals surface area contributed by atoms with Crippen LogP contribution < -0.4 is 0 Å². The van der Waals surface area contributed by atoms with E-state index in [0.717, 1.165) is 40.5 Å². The molecule has 0 N–H and O–H groups in total. The highest BCUT2D eigenvalue weighted by Gasteiger charge is 2.29. The molecule has 0 radical (unpaired) electrons. The van der Waals surface area contributed by atoms with Gasteiger partial charge in [0, 0.05) is 17.7 Å². The summed E-state index contributed by atoms with van der Waals surface area (Å²) in [6.45, 7) is 4.11. The largest absolute Gasteiger partial charge is 0.467 e. The van der Waals surface area contributed by atoms with Crippen molar-refractivity contribution in [2.24, 2.45) is 4.99 Å². The van der Waals surface area contributed by atoms with Crippen molar-refractivity contribution < 1.29 is 4.42 Å². The third kappa shape index (κ3) is 1.99. The van der Waals surface area contributed by atoms with E-state index in [9.17, 15) is 0 Å². The first kappa shape index (κ1) is 13.1. The number of aryl methyl sites for hydroxylation is 1. The van der Waals surface area contributed by atoms with Crippen molar-refractivity contribution in [2.75, 3.05) is 0 Å². The number of rotatable bonds is 2. The molecule has 3 aromatic rings. The van der Waals surface area contributed by atoms with Crippen LogP contribution >= 0.6 is 0 Å². The van der Waals surface area contributed by atoms with Crippen LogP contribution in [0.4, 0.5) is 5.82 Å². The minimum absolute atomic E-state index is 0.0821. The molecule has 110 valence electrons. The summed E-state index contributed by atoms with van der Waals surface area (Å²) in [7, 11) is 0. The molecular formula is C18H17N3O. The van der Waals surface area contributed by atoms with E-state index >= 15 is 0 Å². The van der Waals surface area contributed by atoms with E-state index in [-0.39, 0.29) is 6.04 Å². The molecular weight excluding hydrogens is 274 g/mol. The van der Waals surface area contributed by atoms with Gasteiger partial charge < -0.3 is 4.42 Å². The van der Waals surface area contributed by atoms with E-state index in [1.165, 1.54) is 0 Å². The van der Waals surface area contributed by atoms with Crippen LogP contribution in [0.15, 0.2) is 58.1 Å². The van der Waals surface area contributed by atoms with Crippen LogP contribution in [0.3, 0.4) is 0 Å². The van der Waals surface area contributed by atoms with Gasteiger partial charge in [-0.05, 0) is 31.5 Å². The monoisotopic (exact) mass is 291 g/mol. The number of hydrogen-bond donors (Lipinski definition) is 0. The maximum atomic E-state index is 5.62. The van der Waals surface area contributed by atoms with E-state index in [2.05, 4.69) is 19.1 Å². The topological polar surface area (TPSA) is 43.3 Å². The summed E-state index contributed by atoms with van der Waals surface area (Å²) >= 11 is 0. The Labute approximate surface area is 129 Å². The number of aliphatic imine (C=N–C) groups is 1. The predicted octanol–water partition coefficient (Wildman–Crippen LogP) is 4.54. The highest BCUT2D eigenvalue weighted by molar-refractivity contribution is 5.89. The van der Waals surface area contributed by atoms with Crippen LogP contribution in [0.1, 0.15) is 30.8 Å². The summed E-state index contributed by atoms with van der Waals surface area (Å²) in [6.07, 6.45) is 2.54. The average Bonchev–Trinajstić information content (AvgIpc) is 3.14. The third-order valence-corrected chi connectivity index (χ3v) is 4.07. The average molecular weight is 291 g/mol. The van der Waals surface area contributed by atoms with Gasteiger partial charge in [0.05, 0.1) is 12.0 Å². The number of nitrogens with zero attached hydrogens (tertiary/aromatic N) is 3. The zero-order chi connectivity index (χ0) is 15.1. The molecule has 1 aromatic carbocycles. The van der Waals surface area contributed by atoms with E-state index in [1.54, 1.807) is 6.26 Å². The van der Waals surface area contributed by atoms with Crippen LogP contribution in [0.2, 0.25) is 0 Å². The van der Waals surface area contributed by atoms with Gasteiger partial charge in [-0.25, -0.2) is 9.67 Å². The van der Waals surface area contributed by atoms with Crippen LogP contribution in [0, 0.1) is 6.92 Å². The lowest BCUT2D eigenvalue weighted by Gasteiger charge is -2.21. The molecule has 0 fully saturated rings. The second-order valence-corrected chi connectivity index (χ2v) is 5.68. The smallest absolute Gasteiger partial charge is 0.159 e. The molecule has 1 aliphatic rings. The Morgan fingerprint density at radius 3 is 2.64 bits per heavy atom. The summed E-state index contributed by atoms with van der Waals surface area (Å²) in [5, 5.41) is 4.75. The molecule has 4 heteroatoms. The number of fused-ring (bicyclic) bond motifs is 1. The van der Waals surface area contributed by atoms with Crippen LogP contribution in [0.5, 0.6) is 0 Å². The van der Waals surface area contributed by atoms with Gasteiger partial charge in [0.1, 0.15) is 11.8 Å². The second-order valence-electron chi connectivity index (χ2n) is 5.68. The summed E-state index contributed by atoms with van der Waals surface area (Å²) in [4.78, 5) is 4.78. The summed E-state index contributed by atoms with van der Waals surface area (Å²) < 4.78 is 7.62. The lowest BCUT2D eigenvalue weighted by atomic mass is 10.0. The Balaban J connectivity index is 1.92. The lowest BCUT2D eigenvalue weighted by molar-refractivity contribution is 0.409. The molecule has 4 nitrogen and oxygen atoms in total. The van der Waals surface area contributed by atoms with Crippen molar-refractivity contribution in [3.63, 3.8) is 0 Å². The van der Waals surface area contributed by atoms with Gasteiger partial charge in [-0.1, -0.05) is 30.3 Å². The van der Waals surface area contributed by atoms with Gasteiger partial charge in [-0.15, -0.1) is 0 Å². The molecule has 1 aliphatic heterocycles. The third-order valence-electron chi connectivity index (χ3n) is 4.07. The standard InChI is InChI=1S/C18H17N3O/c1-12-11-15(16-9-6-10-22-16)21-18(19-12)17(13(2)20-21)14-7-4-3-5-8-14/h3-10,15H,11H2,1-2H3/t15-/m1/s1. The van der Waals surface area contributed by atoms with E-state index in [0.29, 0.717) is 0 Å². The van der Waals surface area contributed by atoms with Crippen molar-refractivity contribution in [1.29, 1.82) is 0 Å². The number of hydrogen-bond acceptors (Lipinski definition) is 3. The first-order chi connectivity index (χ1) is 10.7. The van der Waals surface area contributed by atoms with Crippen molar-refractivity contribution in [1.82, 2.24) is 9.78 Å². The number of benzene rings is 1. The Morgan fingerprint density at radius 1 is 1.09 bits per heavy atom. The maximum Gasteiger partial charge on any atom is 0.159 e. The molecule has 3 heterocycles. The van der Waals surface area contributed by atoms with Crippen LogP contribution in [-0.4, -0.2) is 15.5 Å². The minimum atomic E-state index is 0.0821. The summed E-state index contributed by atoms with van der Waals surface area (Å²) in [5.74, 6) is 1.85. The van der Waals surface area contributed by atoms with E-state index < -0.39 is 0 Å². The first-order valence-electron chi connectivity index (χ1n) is 7.46. The molecule has 2 aromatic heterocycles. The SMILES string of the molecule is CC1=Nc2c(-c3ccccc3)c(C)nn2[C@@H](c2ccco2)C1. The Morgan fingerprint density at radius 2 is 1.91 bits per heavy atom. The molecule has 0 saturated heterocycles. The summed E-state index contributed by atoms with van der Waals surface area (Å²) in [5.41, 5.74) is 4.36. The molecule has 0 saturated carbocycles. The lowest BCUT2D eigenvalue weighted by Crippen LogP contribution is -2.18. The highest BCUT2D eigenvalue weighted by Crippen LogP contribution is 2.40. The highest BCUT2D eigenvalue weighted by atomic mass is 16.3. The Hall–Kier alpha value is -2.62. The van der Waals surface area contributed by atoms with Crippen molar-refractivity contribution in [2.45, 2.75) is 26.3 Å². The fraction of sp³-hybridized carbons (Fsp3) is 0.222. The number of furan rings is 1. The molecule has 0 amide bonds. The zero-order valence-corrected chi connectivity index (χ0v) is 12.7. The molecule has 0 bridgehead atoms. The van der Waals surface area contributed by atoms with Crippen molar-refractivity contribution in [3.05, 3.63) is 60.2 Å². The van der Waals surface area contributed by atoms with Crippen LogP contribution in [-0.2, 0) is 0 Å². The summed E-state index contributed by atoms with van der Waals surface area (Å²) in [6, 6.07) is 14.3. The molecule has 22 heavy (non-hydrogen) atoms. The van der Waals surface area contributed by atoms with E-state index in [1.807, 2.05) is 41.9 Å². The van der Waals surface area contributed by atoms with Crippen molar-refractivity contribution >= 4 is 11.5 Å². The van der Waals surface area contributed by atoms with Gasteiger partial charge in [0.25, 0.3) is 0 Å². The minimum Gasteiger partial charge on any atom is -0.467 e. The molecule has 0 aliphatic carbocycles. The van der Waals surface area contributed by atoms with E-state index in [4.69, 9.17) is 14.5 Å². The fourth-order valence-corrected chi connectivity index (χ4v) is 3.10. The van der Waals surface area contributed by atoms with Gasteiger partial charge >= 0.3 is 0 Å². The van der Waals surface area contributed by atoms with Gasteiger partial charge in [-0.3, -0.25) is 0 Å². The Bertz CT molecular complexity index is 829. The number of aromatic nitrogens is 2. The first-order valence-corrected chi connectivity index (χ1v) is 7.46. The maximum absolute atomic E-state index is 5.62. The van der Waals surface area contributed by atoms with Gasteiger partial charge in [-0.2, -0.15) is 5.10 Å². The van der Waals surface area contributed by atoms with Gasteiger partial charge in [0.2, 0.25) is 0 Å². The normalized spacial score (nSPS) is 17.2. The van der Waals surface area contributed by atoms with Gasteiger partial charge in [0.15, 0.2) is 5.82 Å². The predicted molar refractivity (Wildman–Crippen MR) is 86.6 cm³/mol. The zero-order valence-electron chi connectivity index (χ0n) is 12.7. The van der Waals surface area contributed by atoms with Crippen LogP contribution in [0.25, 0.3) is 11.1 Å². The second kappa shape index (κ2) is 4.98. The quantitative estimate of drug-likeness (QED) is 0.696. The molecule has 0 unspecified atom stereocenters. The molecule has 1 atom stereocenters. The molecule has 0 spiro atoms. The molecule has 4 rings (SSSR count). The van der Waals surface area contributed by atoms with Crippen molar-refractivity contribution in [3.8, 4) is 11.1 Å². The Kier molecular flexibility index (Phi) is 2.96. The fourth-order valence-electron chi connectivity index (χ4n) is 3.10.